The monoisotopic (exact) mass is 714 g/mol. The Labute approximate surface area is 299 Å². The minimum absolute atomic E-state index is 0.0134. The highest BCUT2D eigenvalue weighted by Crippen LogP contribution is 2.23. The first-order valence-electron chi connectivity index (χ1n) is 15.9. The molecular formula is C39H37F3N4O6. The van der Waals surface area contributed by atoms with Crippen molar-refractivity contribution in [1.29, 1.82) is 0 Å². The molecule has 4 aromatic rings. The standard InChI is InChI=1S/C39H37F3N4O6/c1-5-17-45(29-8-12-31(51-3)13-9-29)36(47)24-43-37(48)26-7-16-34(42)33(22-26)38(49)44-35(21-25-19-27(40)23-28(41)20-25)39(50)46(18-6-2)30-10-14-32(52-4)15-11-30/h5-16,19-20,22-23,35H,1-2,17-18,21,24H2,3-4H3,(H,43,48)(H,44,49)/t35-/m0/s1. The third-order valence-electron chi connectivity index (χ3n) is 7.80. The van der Waals surface area contributed by atoms with Crippen LogP contribution >= 0.6 is 0 Å². The lowest BCUT2D eigenvalue weighted by atomic mass is 10.0. The molecule has 4 amide bonds. The molecule has 1 atom stereocenters. The van der Waals surface area contributed by atoms with E-state index in [0.717, 1.165) is 30.3 Å². The predicted octanol–water partition coefficient (Wildman–Crippen LogP) is 5.63. The highest BCUT2D eigenvalue weighted by Gasteiger charge is 2.29. The molecule has 0 aromatic heterocycles. The number of ether oxygens (including phenoxy) is 2. The van der Waals surface area contributed by atoms with Crippen LogP contribution < -0.4 is 29.9 Å². The molecule has 10 nitrogen and oxygen atoms in total. The number of amides is 4. The van der Waals surface area contributed by atoms with Crippen molar-refractivity contribution < 1.29 is 41.8 Å². The zero-order valence-electron chi connectivity index (χ0n) is 28.5. The molecule has 0 saturated carbocycles. The Morgan fingerprint density at radius 3 is 1.81 bits per heavy atom. The molecular weight excluding hydrogens is 677 g/mol. The van der Waals surface area contributed by atoms with Gasteiger partial charge in [0.15, 0.2) is 0 Å². The number of nitrogens with one attached hydrogen (secondary N) is 2. The molecule has 0 unspecified atom stereocenters. The van der Waals surface area contributed by atoms with E-state index >= 15 is 4.39 Å². The smallest absolute Gasteiger partial charge is 0.254 e. The third-order valence-corrected chi connectivity index (χ3v) is 7.80. The van der Waals surface area contributed by atoms with Gasteiger partial charge >= 0.3 is 0 Å². The first-order chi connectivity index (χ1) is 25.0. The van der Waals surface area contributed by atoms with Crippen LogP contribution in [-0.4, -0.2) is 63.5 Å². The molecule has 0 aliphatic heterocycles. The summed E-state index contributed by atoms with van der Waals surface area (Å²) in [6.07, 6.45) is 2.59. The van der Waals surface area contributed by atoms with Gasteiger partial charge in [-0.15, -0.1) is 13.2 Å². The number of benzene rings is 4. The first-order valence-corrected chi connectivity index (χ1v) is 15.9. The Morgan fingerprint density at radius 2 is 1.27 bits per heavy atom. The summed E-state index contributed by atoms with van der Waals surface area (Å²) < 4.78 is 53.8. The Bertz CT molecular complexity index is 1920. The normalized spacial score (nSPS) is 11.1. The number of hydrogen-bond acceptors (Lipinski definition) is 6. The molecule has 0 fully saturated rings. The van der Waals surface area contributed by atoms with E-state index in [1.807, 2.05) is 0 Å². The second-order valence-corrected chi connectivity index (χ2v) is 11.3. The van der Waals surface area contributed by atoms with Crippen molar-refractivity contribution in [3.05, 3.63) is 144 Å². The second-order valence-electron chi connectivity index (χ2n) is 11.3. The molecule has 4 aromatic carbocycles. The van der Waals surface area contributed by atoms with Crippen LogP contribution in [0.4, 0.5) is 24.5 Å². The molecule has 0 radical (unpaired) electrons. The minimum Gasteiger partial charge on any atom is -0.497 e. The van der Waals surface area contributed by atoms with Crippen molar-refractivity contribution in [1.82, 2.24) is 10.6 Å². The molecule has 0 heterocycles. The maximum absolute atomic E-state index is 15.1. The van der Waals surface area contributed by atoms with E-state index in [1.54, 1.807) is 48.5 Å². The van der Waals surface area contributed by atoms with E-state index in [9.17, 15) is 28.0 Å². The summed E-state index contributed by atoms with van der Waals surface area (Å²) >= 11 is 0. The van der Waals surface area contributed by atoms with Crippen LogP contribution in [0.25, 0.3) is 0 Å². The van der Waals surface area contributed by atoms with Gasteiger partial charge in [0.1, 0.15) is 35.0 Å². The van der Waals surface area contributed by atoms with Gasteiger partial charge in [-0.1, -0.05) is 12.2 Å². The van der Waals surface area contributed by atoms with E-state index in [1.165, 1.54) is 36.2 Å². The van der Waals surface area contributed by atoms with E-state index in [-0.39, 0.29) is 30.6 Å². The van der Waals surface area contributed by atoms with Gasteiger partial charge in [-0.2, -0.15) is 0 Å². The maximum Gasteiger partial charge on any atom is 0.254 e. The topological polar surface area (TPSA) is 117 Å². The number of rotatable bonds is 16. The summed E-state index contributed by atoms with van der Waals surface area (Å²) in [6.45, 7) is 7.06. The van der Waals surface area contributed by atoms with Crippen LogP contribution in [0.5, 0.6) is 11.5 Å². The summed E-state index contributed by atoms with van der Waals surface area (Å²) in [5.74, 6) is -4.74. The number of hydrogen-bond donors (Lipinski definition) is 2. The Hall–Kier alpha value is -6.37. The highest BCUT2D eigenvalue weighted by molar-refractivity contribution is 6.05. The average molecular weight is 715 g/mol. The van der Waals surface area contributed by atoms with E-state index in [0.29, 0.717) is 28.9 Å². The molecule has 0 saturated heterocycles. The number of carbonyl (C=O) groups is 4. The van der Waals surface area contributed by atoms with Crippen LogP contribution in [0.1, 0.15) is 26.3 Å². The molecule has 270 valence electrons. The summed E-state index contributed by atoms with van der Waals surface area (Å²) in [5.41, 5.74) is 0.231. The number of halogens is 3. The SMILES string of the molecule is C=CCN(C(=O)CNC(=O)c1ccc(F)c(C(=O)N[C@@H](Cc2cc(F)cc(F)c2)C(=O)N(CC=C)c2ccc(OC)cc2)c1)c1ccc(OC)cc1. The van der Waals surface area contributed by atoms with Crippen molar-refractivity contribution >= 4 is 35.0 Å². The second kappa shape index (κ2) is 18.0. The summed E-state index contributed by atoms with van der Waals surface area (Å²) in [5, 5.41) is 4.96. The number of methoxy groups -OCH3 is 2. The maximum atomic E-state index is 15.1. The fraction of sp³-hybridized carbons (Fsp3) is 0.179. The van der Waals surface area contributed by atoms with E-state index < -0.39 is 59.2 Å². The molecule has 0 aliphatic carbocycles. The van der Waals surface area contributed by atoms with Gasteiger partial charge in [-0.05, 0) is 84.4 Å². The van der Waals surface area contributed by atoms with Crippen molar-refractivity contribution in [3.8, 4) is 11.5 Å². The lowest BCUT2D eigenvalue weighted by molar-refractivity contribution is -0.120. The Kier molecular flexibility index (Phi) is 13.3. The van der Waals surface area contributed by atoms with Crippen LogP contribution in [0.15, 0.2) is 110 Å². The molecule has 0 bridgehead atoms. The zero-order valence-corrected chi connectivity index (χ0v) is 28.5. The van der Waals surface area contributed by atoms with Crippen LogP contribution in [0.2, 0.25) is 0 Å². The predicted molar refractivity (Wildman–Crippen MR) is 191 cm³/mol. The fourth-order valence-electron chi connectivity index (χ4n) is 5.24. The van der Waals surface area contributed by atoms with Gasteiger partial charge in [0, 0.05) is 42.5 Å². The number of carbonyl (C=O) groups excluding carboxylic acids is 4. The Balaban J connectivity index is 1.57. The Morgan fingerprint density at radius 1 is 0.731 bits per heavy atom. The van der Waals surface area contributed by atoms with Crippen molar-refractivity contribution in [3.63, 3.8) is 0 Å². The highest BCUT2D eigenvalue weighted by atomic mass is 19.1. The lowest BCUT2D eigenvalue weighted by Crippen LogP contribution is -2.50. The quantitative estimate of drug-likeness (QED) is 0.145. The van der Waals surface area contributed by atoms with E-state index in [4.69, 9.17) is 9.47 Å². The summed E-state index contributed by atoms with van der Waals surface area (Å²) in [4.78, 5) is 56.5. The van der Waals surface area contributed by atoms with Crippen LogP contribution in [0.3, 0.4) is 0 Å². The van der Waals surface area contributed by atoms with Crippen molar-refractivity contribution in [2.75, 3.05) is 43.7 Å². The number of anilines is 2. The van der Waals surface area contributed by atoms with Crippen molar-refractivity contribution in [2.45, 2.75) is 12.5 Å². The van der Waals surface area contributed by atoms with Gasteiger partial charge < -0.3 is 29.9 Å². The van der Waals surface area contributed by atoms with Gasteiger partial charge in [0.25, 0.3) is 11.8 Å². The number of nitrogens with zero attached hydrogens (tertiary/aromatic N) is 2. The van der Waals surface area contributed by atoms with Gasteiger partial charge in [0.2, 0.25) is 11.8 Å². The molecule has 4 rings (SSSR count). The van der Waals surface area contributed by atoms with Crippen molar-refractivity contribution in [2.24, 2.45) is 0 Å². The van der Waals surface area contributed by atoms with Gasteiger partial charge in [-0.3, -0.25) is 19.2 Å². The molecule has 13 heteroatoms. The first kappa shape index (κ1) is 38.4. The van der Waals surface area contributed by atoms with Gasteiger partial charge in [0.05, 0.1) is 26.3 Å². The minimum atomic E-state index is -1.46. The van der Waals surface area contributed by atoms with Crippen LogP contribution in [0, 0.1) is 17.5 Å². The molecule has 2 N–H and O–H groups in total. The largest absolute Gasteiger partial charge is 0.497 e. The summed E-state index contributed by atoms with van der Waals surface area (Å²) in [6, 6.07) is 17.3. The van der Waals surface area contributed by atoms with Gasteiger partial charge in [-0.25, -0.2) is 13.2 Å². The zero-order chi connectivity index (χ0) is 37.8. The lowest BCUT2D eigenvalue weighted by Gasteiger charge is -2.27. The fourth-order valence-corrected chi connectivity index (χ4v) is 5.24. The third kappa shape index (κ3) is 9.87. The molecule has 52 heavy (non-hydrogen) atoms. The molecule has 0 aliphatic rings. The summed E-state index contributed by atoms with van der Waals surface area (Å²) in [7, 11) is 2.99. The average Bonchev–Trinajstić information content (AvgIpc) is 3.14. The van der Waals surface area contributed by atoms with E-state index in [2.05, 4.69) is 23.8 Å². The molecule has 0 spiro atoms. The van der Waals surface area contributed by atoms with Crippen LogP contribution in [-0.2, 0) is 16.0 Å².